The molecule has 0 atom stereocenters. The highest BCUT2D eigenvalue weighted by atomic mass is 35.5. The Bertz CT molecular complexity index is 327. The number of halogens is 1. The van der Waals surface area contributed by atoms with Crippen LogP contribution in [-0.4, -0.2) is 34.5 Å². The quantitative estimate of drug-likeness (QED) is 0.855. The predicted molar refractivity (Wildman–Crippen MR) is 63.7 cm³/mol. The largest absolute Gasteiger partial charge is 0.396 e. The van der Waals surface area contributed by atoms with Crippen molar-refractivity contribution in [1.82, 2.24) is 10.2 Å². The third-order valence-electron chi connectivity index (χ3n) is 2.98. The average Bonchev–Trinajstić information content (AvgIpc) is 2.23. The topological polar surface area (TPSA) is 49.2 Å². The van der Waals surface area contributed by atoms with Gasteiger partial charge in [0.1, 0.15) is 0 Å². The first-order valence-electron chi connectivity index (χ1n) is 5.68. The van der Waals surface area contributed by atoms with E-state index in [2.05, 4.69) is 15.1 Å². The van der Waals surface area contributed by atoms with Crippen LogP contribution in [0.2, 0.25) is 5.15 Å². The molecule has 0 bridgehead atoms. The number of anilines is 1. The summed E-state index contributed by atoms with van der Waals surface area (Å²) in [5.74, 6) is 0.863. The fraction of sp³-hybridized carbons (Fsp3) is 0.636. The van der Waals surface area contributed by atoms with Crippen LogP contribution >= 0.6 is 11.6 Å². The minimum Gasteiger partial charge on any atom is -0.396 e. The number of hydrogen-bond acceptors (Lipinski definition) is 4. The van der Waals surface area contributed by atoms with Crippen molar-refractivity contribution in [2.75, 3.05) is 18.1 Å². The van der Waals surface area contributed by atoms with Gasteiger partial charge in [-0.25, -0.2) is 0 Å². The molecule has 0 unspecified atom stereocenters. The minimum absolute atomic E-state index is 0.213. The van der Waals surface area contributed by atoms with E-state index in [1.165, 1.54) is 19.3 Å². The van der Waals surface area contributed by atoms with Gasteiger partial charge in [0, 0.05) is 19.2 Å². The Hall–Kier alpha value is -0.870. The summed E-state index contributed by atoms with van der Waals surface area (Å²) in [5, 5.41) is 17.3. The van der Waals surface area contributed by atoms with Gasteiger partial charge in [-0.3, -0.25) is 0 Å². The van der Waals surface area contributed by atoms with Gasteiger partial charge in [-0.2, -0.15) is 0 Å². The van der Waals surface area contributed by atoms with Crippen molar-refractivity contribution < 1.29 is 5.11 Å². The molecular formula is C11H16ClN3O. The fourth-order valence-corrected chi connectivity index (χ4v) is 1.99. The molecule has 0 aliphatic heterocycles. The van der Waals surface area contributed by atoms with Crippen LogP contribution in [-0.2, 0) is 0 Å². The molecule has 1 aromatic rings. The zero-order valence-electron chi connectivity index (χ0n) is 9.14. The van der Waals surface area contributed by atoms with Gasteiger partial charge in [0.15, 0.2) is 11.0 Å². The molecular weight excluding hydrogens is 226 g/mol. The van der Waals surface area contributed by atoms with Gasteiger partial charge in [0.2, 0.25) is 0 Å². The Morgan fingerprint density at radius 3 is 2.69 bits per heavy atom. The summed E-state index contributed by atoms with van der Waals surface area (Å²) in [6.07, 6.45) is 4.45. The van der Waals surface area contributed by atoms with Gasteiger partial charge in [0.05, 0.1) is 0 Å². The van der Waals surface area contributed by atoms with Gasteiger partial charge in [-0.1, -0.05) is 11.6 Å². The zero-order valence-corrected chi connectivity index (χ0v) is 9.90. The van der Waals surface area contributed by atoms with Crippen LogP contribution in [0.3, 0.4) is 0 Å². The molecule has 1 aliphatic carbocycles. The van der Waals surface area contributed by atoms with E-state index in [4.69, 9.17) is 16.7 Å². The normalized spacial score (nSPS) is 15.9. The summed E-state index contributed by atoms with van der Waals surface area (Å²) in [4.78, 5) is 2.23. The summed E-state index contributed by atoms with van der Waals surface area (Å²) in [6, 6.07) is 4.21. The van der Waals surface area contributed by atoms with Crippen LogP contribution in [0.5, 0.6) is 0 Å². The van der Waals surface area contributed by atoms with Gasteiger partial charge < -0.3 is 10.0 Å². The second-order valence-electron chi connectivity index (χ2n) is 4.07. The average molecular weight is 242 g/mol. The van der Waals surface area contributed by atoms with Crippen molar-refractivity contribution in [3.05, 3.63) is 17.3 Å². The number of aliphatic hydroxyl groups is 1. The molecule has 0 amide bonds. The summed E-state index contributed by atoms with van der Waals surface area (Å²) >= 11 is 5.72. The maximum absolute atomic E-state index is 8.89. The van der Waals surface area contributed by atoms with Gasteiger partial charge >= 0.3 is 0 Å². The Kier molecular flexibility index (Phi) is 3.96. The second kappa shape index (κ2) is 5.46. The number of aromatic nitrogens is 2. The van der Waals surface area contributed by atoms with E-state index in [1.54, 1.807) is 6.07 Å². The van der Waals surface area contributed by atoms with Crippen molar-refractivity contribution in [3.63, 3.8) is 0 Å². The van der Waals surface area contributed by atoms with Crippen molar-refractivity contribution in [3.8, 4) is 0 Å². The highest BCUT2D eigenvalue weighted by molar-refractivity contribution is 6.29. The molecule has 1 aromatic heterocycles. The molecule has 88 valence electrons. The third-order valence-corrected chi connectivity index (χ3v) is 3.19. The molecule has 0 aromatic carbocycles. The first-order chi connectivity index (χ1) is 7.81. The molecule has 5 heteroatoms. The van der Waals surface area contributed by atoms with Crippen molar-refractivity contribution in [2.24, 2.45) is 0 Å². The van der Waals surface area contributed by atoms with Gasteiger partial charge in [-0.15, -0.1) is 10.2 Å². The van der Waals surface area contributed by atoms with E-state index in [0.717, 1.165) is 18.8 Å². The monoisotopic (exact) mass is 241 g/mol. The molecule has 0 saturated heterocycles. The Morgan fingerprint density at radius 2 is 2.19 bits per heavy atom. The van der Waals surface area contributed by atoms with Gasteiger partial charge in [0.25, 0.3) is 0 Å². The molecule has 0 spiro atoms. The smallest absolute Gasteiger partial charge is 0.151 e. The van der Waals surface area contributed by atoms with E-state index in [0.29, 0.717) is 11.2 Å². The van der Waals surface area contributed by atoms with Crippen molar-refractivity contribution >= 4 is 17.4 Å². The summed E-state index contributed by atoms with van der Waals surface area (Å²) in [7, 11) is 0. The lowest BCUT2D eigenvalue weighted by Gasteiger charge is -2.38. The van der Waals surface area contributed by atoms with Crippen LogP contribution in [0.25, 0.3) is 0 Å². The lowest BCUT2D eigenvalue weighted by Crippen LogP contribution is -2.41. The van der Waals surface area contributed by atoms with Gasteiger partial charge in [-0.05, 0) is 37.8 Å². The molecule has 16 heavy (non-hydrogen) atoms. The molecule has 1 heterocycles. The molecule has 1 saturated carbocycles. The SMILES string of the molecule is OCCCN(c1ccc(Cl)nn1)C1CCC1. The lowest BCUT2D eigenvalue weighted by molar-refractivity contribution is 0.282. The van der Waals surface area contributed by atoms with E-state index in [-0.39, 0.29) is 6.61 Å². The van der Waals surface area contributed by atoms with Crippen molar-refractivity contribution in [2.45, 2.75) is 31.7 Å². The van der Waals surface area contributed by atoms with E-state index < -0.39 is 0 Å². The molecule has 1 aliphatic rings. The van der Waals surface area contributed by atoms with Crippen LogP contribution in [0.15, 0.2) is 12.1 Å². The Labute approximate surface area is 100 Å². The molecule has 0 radical (unpaired) electrons. The number of aliphatic hydroxyl groups excluding tert-OH is 1. The summed E-state index contributed by atoms with van der Waals surface area (Å²) in [6.45, 7) is 1.04. The molecule has 2 rings (SSSR count). The van der Waals surface area contributed by atoms with Crippen LogP contribution in [0.1, 0.15) is 25.7 Å². The van der Waals surface area contributed by atoms with E-state index in [9.17, 15) is 0 Å². The Morgan fingerprint density at radius 1 is 1.38 bits per heavy atom. The fourth-order valence-electron chi connectivity index (χ4n) is 1.89. The maximum atomic E-state index is 8.89. The molecule has 4 nitrogen and oxygen atoms in total. The Balaban J connectivity index is 2.07. The number of rotatable bonds is 5. The highest BCUT2D eigenvalue weighted by Gasteiger charge is 2.25. The lowest BCUT2D eigenvalue weighted by atomic mass is 9.91. The maximum Gasteiger partial charge on any atom is 0.151 e. The first kappa shape index (κ1) is 11.6. The minimum atomic E-state index is 0.213. The number of nitrogens with zero attached hydrogens (tertiary/aromatic N) is 3. The second-order valence-corrected chi connectivity index (χ2v) is 4.46. The predicted octanol–water partition coefficient (Wildman–Crippen LogP) is 1.87. The summed E-state index contributed by atoms with van der Waals surface area (Å²) in [5.41, 5.74) is 0. The van der Waals surface area contributed by atoms with Crippen LogP contribution in [0.4, 0.5) is 5.82 Å². The molecule has 1 N–H and O–H groups in total. The third kappa shape index (κ3) is 2.62. The molecule has 1 fully saturated rings. The number of hydrogen-bond donors (Lipinski definition) is 1. The van der Waals surface area contributed by atoms with Crippen molar-refractivity contribution in [1.29, 1.82) is 0 Å². The van der Waals surface area contributed by atoms with E-state index >= 15 is 0 Å². The van der Waals surface area contributed by atoms with Crippen LogP contribution < -0.4 is 4.90 Å². The zero-order chi connectivity index (χ0) is 11.4. The highest BCUT2D eigenvalue weighted by Crippen LogP contribution is 2.28. The summed E-state index contributed by atoms with van der Waals surface area (Å²) < 4.78 is 0. The van der Waals surface area contributed by atoms with E-state index in [1.807, 2.05) is 6.07 Å². The first-order valence-corrected chi connectivity index (χ1v) is 6.06. The van der Waals surface area contributed by atoms with Crippen LogP contribution in [0, 0.1) is 0 Å². The standard InChI is InChI=1S/C11H16ClN3O/c12-10-5-6-11(14-13-10)15(7-2-8-16)9-3-1-4-9/h5-6,9,16H,1-4,7-8H2.